The van der Waals surface area contributed by atoms with Crippen molar-refractivity contribution in [2.24, 2.45) is 0 Å². The Labute approximate surface area is 180 Å². The van der Waals surface area contributed by atoms with Crippen molar-refractivity contribution in [3.05, 3.63) is 89.7 Å². The lowest BCUT2D eigenvalue weighted by Gasteiger charge is -2.19. The molecule has 3 aromatic carbocycles. The number of amides is 1. The lowest BCUT2D eigenvalue weighted by molar-refractivity contribution is 0.102. The number of nitrogens with one attached hydrogen (secondary N) is 3. The molecule has 0 saturated heterocycles. The molecule has 0 fully saturated rings. The van der Waals surface area contributed by atoms with Crippen LogP contribution in [0.3, 0.4) is 0 Å². The van der Waals surface area contributed by atoms with Gasteiger partial charge in [-0.3, -0.25) is 4.79 Å². The van der Waals surface area contributed by atoms with E-state index >= 15 is 0 Å². The zero-order chi connectivity index (χ0) is 21.5. The second kappa shape index (κ2) is 9.84. The van der Waals surface area contributed by atoms with Crippen molar-refractivity contribution in [3.8, 4) is 5.75 Å². The molecule has 0 bridgehead atoms. The van der Waals surface area contributed by atoms with Crippen LogP contribution in [0.5, 0.6) is 5.75 Å². The van der Waals surface area contributed by atoms with Gasteiger partial charge in [-0.25, -0.2) is 4.39 Å². The molecule has 0 saturated carbocycles. The molecule has 1 amide bonds. The summed E-state index contributed by atoms with van der Waals surface area (Å²) in [6, 6.07) is 20.5. The first-order valence-corrected chi connectivity index (χ1v) is 9.75. The van der Waals surface area contributed by atoms with Gasteiger partial charge in [0, 0.05) is 16.9 Å². The maximum atomic E-state index is 13.7. The first-order chi connectivity index (χ1) is 14.5. The molecule has 0 heterocycles. The summed E-state index contributed by atoms with van der Waals surface area (Å²) in [6.45, 7) is 1.99. The van der Waals surface area contributed by atoms with Gasteiger partial charge < -0.3 is 20.7 Å². The van der Waals surface area contributed by atoms with E-state index in [4.69, 9.17) is 17.0 Å². The van der Waals surface area contributed by atoms with E-state index in [-0.39, 0.29) is 11.6 Å². The fourth-order valence-corrected chi connectivity index (χ4v) is 3.24. The molecule has 0 spiro atoms. The average Bonchev–Trinajstić information content (AvgIpc) is 2.75. The Morgan fingerprint density at radius 2 is 1.53 bits per heavy atom. The Kier molecular flexibility index (Phi) is 6.98. The number of hydrogen-bond donors (Lipinski definition) is 3. The van der Waals surface area contributed by atoms with Gasteiger partial charge in [0.1, 0.15) is 11.6 Å². The van der Waals surface area contributed by atoms with Gasteiger partial charge in [-0.2, -0.15) is 0 Å². The van der Waals surface area contributed by atoms with E-state index < -0.39 is 11.7 Å². The highest BCUT2D eigenvalue weighted by Crippen LogP contribution is 2.24. The number of carbonyl (C=O) groups excluding carboxylic acids is 1. The summed E-state index contributed by atoms with van der Waals surface area (Å²) in [5, 5.41) is 9.46. The minimum absolute atomic E-state index is 0.00425. The van der Waals surface area contributed by atoms with E-state index in [9.17, 15) is 9.18 Å². The van der Waals surface area contributed by atoms with Crippen LogP contribution in [0.2, 0.25) is 0 Å². The Morgan fingerprint density at radius 3 is 2.20 bits per heavy atom. The molecule has 0 radical (unpaired) electrons. The van der Waals surface area contributed by atoms with Crippen LogP contribution in [0.15, 0.2) is 72.8 Å². The van der Waals surface area contributed by atoms with E-state index in [1.807, 2.05) is 31.2 Å². The Hall–Kier alpha value is -3.45. The van der Waals surface area contributed by atoms with Gasteiger partial charge in [-0.1, -0.05) is 30.3 Å². The molecule has 5 nitrogen and oxygen atoms in total. The first-order valence-electron chi connectivity index (χ1n) is 9.34. The van der Waals surface area contributed by atoms with E-state index in [2.05, 4.69) is 16.0 Å². The summed E-state index contributed by atoms with van der Waals surface area (Å²) < 4.78 is 19.1. The van der Waals surface area contributed by atoms with E-state index in [0.29, 0.717) is 10.8 Å². The third-order valence-corrected chi connectivity index (χ3v) is 4.69. The number of benzene rings is 3. The molecular weight excluding hydrogens is 401 g/mol. The molecular formula is C23H22FN3O2S. The van der Waals surface area contributed by atoms with Crippen molar-refractivity contribution in [3.63, 3.8) is 0 Å². The summed E-state index contributed by atoms with van der Waals surface area (Å²) in [5.41, 5.74) is 2.30. The van der Waals surface area contributed by atoms with Gasteiger partial charge in [0.25, 0.3) is 5.91 Å². The molecule has 0 aromatic heterocycles. The van der Waals surface area contributed by atoms with Gasteiger partial charge in [0.15, 0.2) is 5.11 Å². The van der Waals surface area contributed by atoms with Crippen LogP contribution >= 0.6 is 12.2 Å². The standard InChI is InChI=1S/C23H22FN3O2S/c1-15(18-7-4-6-10-21(18)29-2)25-23(30)27-17-13-11-16(12-14-17)26-22(28)19-8-3-5-9-20(19)24/h3-15H,1-2H3,(H,26,28)(H2,25,27,30). The number of halogens is 1. The number of carbonyl (C=O) groups is 1. The number of rotatable bonds is 6. The van der Waals surface area contributed by atoms with Gasteiger partial charge in [-0.15, -0.1) is 0 Å². The second-order valence-electron chi connectivity index (χ2n) is 6.57. The SMILES string of the molecule is COc1ccccc1C(C)NC(=S)Nc1ccc(NC(=O)c2ccccc2F)cc1. The summed E-state index contributed by atoms with van der Waals surface area (Å²) in [5.74, 6) is -0.277. The van der Waals surface area contributed by atoms with Crippen LogP contribution in [-0.4, -0.2) is 18.1 Å². The highest BCUT2D eigenvalue weighted by atomic mass is 32.1. The number of ether oxygens (including phenoxy) is 1. The third-order valence-electron chi connectivity index (χ3n) is 4.47. The molecule has 154 valence electrons. The van der Waals surface area contributed by atoms with Crippen LogP contribution in [0.25, 0.3) is 0 Å². The Bertz CT molecular complexity index is 1040. The lowest BCUT2D eigenvalue weighted by atomic mass is 10.1. The molecule has 7 heteroatoms. The second-order valence-corrected chi connectivity index (χ2v) is 6.98. The highest BCUT2D eigenvalue weighted by molar-refractivity contribution is 7.80. The Morgan fingerprint density at radius 1 is 0.933 bits per heavy atom. The number of methoxy groups -OCH3 is 1. The highest BCUT2D eigenvalue weighted by Gasteiger charge is 2.13. The minimum atomic E-state index is -0.561. The van der Waals surface area contributed by atoms with Crippen LogP contribution in [0.1, 0.15) is 28.9 Å². The van der Waals surface area contributed by atoms with Crippen molar-refractivity contribution < 1.29 is 13.9 Å². The van der Waals surface area contributed by atoms with Gasteiger partial charge in [0.05, 0.1) is 18.7 Å². The van der Waals surface area contributed by atoms with Crippen LogP contribution in [0.4, 0.5) is 15.8 Å². The number of anilines is 2. The van der Waals surface area contributed by atoms with Gasteiger partial charge in [0.2, 0.25) is 0 Å². The van der Waals surface area contributed by atoms with Crippen molar-refractivity contribution >= 4 is 34.6 Å². The summed E-state index contributed by atoms with van der Waals surface area (Å²) in [7, 11) is 1.63. The first kappa shape index (κ1) is 21.3. The fourth-order valence-electron chi connectivity index (χ4n) is 2.95. The van der Waals surface area contributed by atoms with Crippen LogP contribution in [-0.2, 0) is 0 Å². The predicted molar refractivity (Wildman–Crippen MR) is 122 cm³/mol. The zero-order valence-corrected chi connectivity index (χ0v) is 17.4. The van der Waals surface area contributed by atoms with Gasteiger partial charge in [-0.05, 0) is 61.6 Å². The lowest BCUT2D eigenvalue weighted by Crippen LogP contribution is -2.31. The molecule has 1 atom stereocenters. The molecule has 1 unspecified atom stereocenters. The molecule has 3 rings (SSSR count). The average molecular weight is 424 g/mol. The predicted octanol–water partition coefficient (Wildman–Crippen LogP) is 5.13. The van der Waals surface area contributed by atoms with Crippen molar-refractivity contribution in [2.45, 2.75) is 13.0 Å². The quantitative estimate of drug-likeness (QED) is 0.480. The molecule has 0 aliphatic rings. The monoisotopic (exact) mass is 423 g/mol. The van der Waals surface area contributed by atoms with Crippen molar-refractivity contribution in [2.75, 3.05) is 17.7 Å². The van der Waals surface area contributed by atoms with E-state index in [1.165, 1.54) is 18.2 Å². The Balaban J connectivity index is 1.58. The number of hydrogen-bond acceptors (Lipinski definition) is 3. The maximum Gasteiger partial charge on any atom is 0.258 e. The molecule has 30 heavy (non-hydrogen) atoms. The molecule has 3 aromatic rings. The third kappa shape index (κ3) is 5.33. The van der Waals surface area contributed by atoms with Gasteiger partial charge >= 0.3 is 0 Å². The zero-order valence-electron chi connectivity index (χ0n) is 16.6. The largest absolute Gasteiger partial charge is 0.496 e. The topological polar surface area (TPSA) is 62.4 Å². The van der Waals surface area contributed by atoms with E-state index in [0.717, 1.165) is 17.0 Å². The maximum absolute atomic E-state index is 13.7. The molecule has 0 aliphatic carbocycles. The van der Waals surface area contributed by atoms with Crippen LogP contribution < -0.4 is 20.7 Å². The van der Waals surface area contributed by atoms with E-state index in [1.54, 1.807) is 37.4 Å². The number of thiocarbonyl (C=S) groups is 1. The van der Waals surface area contributed by atoms with Crippen LogP contribution in [0, 0.1) is 5.82 Å². The summed E-state index contributed by atoms with van der Waals surface area (Å²) in [4.78, 5) is 12.2. The number of para-hydroxylation sites is 1. The fraction of sp³-hybridized carbons (Fsp3) is 0.130. The normalized spacial score (nSPS) is 11.3. The van der Waals surface area contributed by atoms with Crippen molar-refractivity contribution in [1.82, 2.24) is 5.32 Å². The summed E-state index contributed by atoms with van der Waals surface area (Å²) >= 11 is 5.40. The molecule has 3 N–H and O–H groups in total. The van der Waals surface area contributed by atoms with Crippen molar-refractivity contribution in [1.29, 1.82) is 0 Å². The molecule has 0 aliphatic heterocycles. The smallest absolute Gasteiger partial charge is 0.258 e. The minimum Gasteiger partial charge on any atom is -0.496 e. The summed E-state index contributed by atoms with van der Waals surface area (Å²) in [6.07, 6.45) is 0.